The number of aromatic hydroxyl groups is 1. The molecule has 0 unspecified atom stereocenters. The Bertz CT molecular complexity index is 2670. The van der Waals surface area contributed by atoms with E-state index in [-0.39, 0.29) is 36.4 Å². The van der Waals surface area contributed by atoms with Crippen LogP contribution in [-0.2, 0) is 16.1 Å². The van der Waals surface area contributed by atoms with E-state index in [0.717, 1.165) is 57.8 Å². The predicted molar refractivity (Wildman–Crippen MR) is 234 cm³/mol. The highest BCUT2D eigenvalue weighted by Gasteiger charge is 2.43. The second-order valence-corrected chi connectivity index (χ2v) is 18.1. The van der Waals surface area contributed by atoms with Gasteiger partial charge in [0.2, 0.25) is 17.8 Å². The maximum atomic E-state index is 14.2. The molecule has 0 radical (unpaired) electrons. The Kier molecular flexibility index (Phi) is 11.3. The Hall–Kier alpha value is -6.10. The summed E-state index contributed by atoms with van der Waals surface area (Å²) < 4.78 is 6.85. The predicted octanol–water partition coefficient (Wildman–Crippen LogP) is 7.34. The molecular weight excluding hydrogens is 811 g/mol. The van der Waals surface area contributed by atoms with Crippen LogP contribution in [0.1, 0.15) is 66.8 Å². The number of amides is 2. The molecule has 0 spiro atoms. The van der Waals surface area contributed by atoms with Gasteiger partial charge >= 0.3 is 0 Å². The van der Waals surface area contributed by atoms with Crippen LogP contribution in [-0.4, -0.2) is 89.0 Å². The minimum Gasteiger partial charge on any atom is -0.507 e. The number of hydrogen-bond acceptors (Lipinski definition) is 14. The van der Waals surface area contributed by atoms with Crippen molar-refractivity contribution in [3.05, 3.63) is 107 Å². The summed E-state index contributed by atoms with van der Waals surface area (Å²) in [6, 6.07) is 20.2. The number of anilines is 1. The molecule has 2 fully saturated rings. The molecule has 61 heavy (non-hydrogen) atoms. The van der Waals surface area contributed by atoms with Gasteiger partial charge in [0.05, 0.1) is 32.6 Å². The fourth-order valence-corrected chi connectivity index (χ4v) is 10.3. The number of aliphatic hydroxyl groups is 1. The van der Waals surface area contributed by atoms with Gasteiger partial charge in [-0.15, -0.1) is 32.9 Å². The Balaban J connectivity index is 0.816. The second kappa shape index (κ2) is 17.1. The van der Waals surface area contributed by atoms with Crippen molar-refractivity contribution in [1.82, 2.24) is 40.5 Å². The SMILES string of the molecule is Cc1ncsc1-c1ccc(CNC(=O)[C@@H]2C[C@@H](O)CN2C(=O)[C@@H](c2cc(-c3cnc(N4CCC(c5cc6nnc(-c7ccccc7O)cc6s5)CC4)nc3)no2)C(C)C)cc1. The molecule has 3 atom stereocenters. The molecule has 0 bridgehead atoms. The molecule has 2 saturated heterocycles. The van der Waals surface area contributed by atoms with Crippen molar-refractivity contribution in [2.24, 2.45) is 5.92 Å². The van der Waals surface area contributed by atoms with E-state index in [1.54, 1.807) is 53.3 Å². The fraction of sp³-hybridized carbons (Fsp3) is 0.333. The number of thiophene rings is 1. The number of piperidine rings is 1. The Morgan fingerprint density at radius 2 is 1.72 bits per heavy atom. The van der Waals surface area contributed by atoms with Crippen LogP contribution in [0.25, 0.3) is 43.2 Å². The number of carbonyl (C=O) groups excluding carboxylic acids is 2. The Morgan fingerprint density at radius 1 is 0.951 bits per heavy atom. The van der Waals surface area contributed by atoms with Gasteiger partial charge in [-0.25, -0.2) is 15.0 Å². The summed E-state index contributed by atoms with van der Waals surface area (Å²) >= 11 is 3.32. The van der Waals surface area contributed by atoms with Gasteiger partial charge in [0, 0.05) is 67.1 Å². The molecule has 5 aromatic heterocycles. The van der Waals surface area contributed by atoms with E-state index in [9.17, 15) is 19.8 Å². The van der Waals surface area contributed by atoms with Crippen molar-refractivity contribution in [2.75, 3.05) is 24.5 Å². The molecule has 312 valence electrons. The van der Waals surface area contributed by atoms with E-state index in [4.69, 9.17) is 4.52 Å². The molecule has 2 aliphatic rings. The molecule has 2 aliphatic heterocycles. The first-order valence-electron chi connectivity index (χ1n) is 20.4. The number of para-hydroxylation sites is 1. The van der Waals surface area contributed by atoms with E-state index in [0.29, 0.717) is 46.7 Å². The zero-order valence-electron chi connectivity index (χ0n) is 33.9. The number of rotatable bonds is 11. The number of fused-ring (bicyclic) bond motifs is 1. The summed E-state index contributed by atoms with van der Waals surface area (Å²) in [6.45, 7) is 7.77. The zero-order valence-corrected chi connectivity index (χ0v) is 35.6. The second-order valence-electron chi connectivity index (χ2n) is 16.1. The smallest absolute Gasteiger partial charge is 0.243 e. The lowest BCUT2D eigenvalue weighted by Gasteiger charge is -2.31. The van der Waals surface area contributed by atoms with E-state index >= 15 is 0 Å². The lowest BCUT2D eigenvalue weighted by Crippen LogP contribution is -2.48. The van der Waals surface area contributed by atoms with Crippen molar-refractivity contribution in [2.45, 2.75) is 70.6 Å². The highest BCUT2D eigenvalue weighted by molar-refractivity contribution is 7.19. The number of likely N-dealkylation sites (tertiary alicyclic amines) is 1. The van der Waals surface area contributed by atoms with Crippen molar-refractivity contribution in [3.8, 4) is 38.7 Å². The van der Waals surface area contributed by atoms with E-state index in [2.05, 4.69) is 46.6 Å². The molecule has 9 rings (SSSR count). The van der Waals surface area contributed by atoms with Gasteiger partial charge in [-0.2, -0.15) is 0 Å². The van der Waals surface area contributed by atoms with E-state index < -0.39 is 18.1 Å². The number of nitrogens with zero attached hydrogens (tertiary/aromatic N) is 8. The molecule has 7 heterocycles. The van der Waals surface area contributed by atoms with Crippen LogP contribution in [0.3, 0.4) is 0 Å². The normalized spacial score (nSPS) is 17.7. The number of aliphatic hydroxyl groups excluding tert-OH is 1. The number of phenolic OH excluding ortho intramolecular Hbond substituents is 1. The molecule has 16 heteroatoms. The molecule has 2 amide bonds. The number of benzene rings is 2. The van der Waals surface area contributed by atoms with Crippen molar-refractivity contribution >= 4 is 50.7 Å². The zero-order chi connectivity index (χ0) is 42.2. The minimum atomic E-state index is -0.822. The summed E-state index contributed by atoms with van der Waals surface area (Å²) in [4.78, 5) is 47.5. The lowest BCUT2D eigenvalue weighted by atomic mass is 9.91. The van der Waals surface area contributed by atoms with Gasteiger partial charge in [-0.3, -0.25) is 9.59 Å². The van der Waals surface area contributed by atoms with Gasteiger partial charge in [0.1, 0.15) is 34.7 Å². The third-order valence-corrected chi connectivity index (χ3v) is 13.9. The number of thiazole rings is 1. The van der Waals surface area contributed by atoms with Gasteiger partial charge in [0.25, 0.3) is 0 Å². The molecule has 7 aromatic rings. The summed E-state index contributed by atoms with van der Waals surface area (Å²) in [6.07, 6.45) is 4.65. The van der Waals surface area contributed by atoms with Crippen LogP contribution in [0, 0.1) is 12.8 Å². The topological polar surface area (TPSA) is 184 Å². The van der Waals surface area contributed by atoms with Gasteiger partial charge < -0.3 is 29.9 Å². The van der Waals surface area contributed by atoms with Crippen LogP contribution in [0.15, 0.2) is 89.2 Å². The van der Waals surface area contributed by atoms with Crippen molar-refractivity contribution < 1.29 is 24.3 Å². The first-order valence-corrected chi connectivity index (χ1v) is 22.1. The van der Waals surface area contributed by atoms with Crippen LogP contribution in [0.2, 0.25) is 0 Å². The number of nitrogens with one attached hydrogen (secondary N) is 1. The van der Waals surface area contributed by atoms with Crippen molar-refractivity contribution in [1.29, 1.82) is 0 Å². The Morgan fingerprint density at radius 3 is 2.44 bits per heavy atom. The first-order chi connectivity index (χ1) is 29.6. The number of β-amino-alcohol motifs (C(OH)–C–C–N with tert-alkyl or cyclic N) is 1. The summed E-state index contributed by atoms with van der Waals surface area (Å²) in [5, 5.41) is 37.1. The lowest BCUT2D eigenvalue weighted by molar-refractivity contribution is -0.141. The third-order valence-electron chi connectivity index (χ3n) is 11.6. The largest absolute Gasteiger partial charge is 0.507 e. The number of phenols is 1. The highest BCUT2D eigenvalue weighted by atomic mass is 32.1. The number of aromatic nitrogens is 6. The first kappa shape index (κ1) is 40.3. The average Bonchev–Trinajstić information content (AvgIpc) is 4.10. The summed E-state index contributed by atoms with van der Waals surface area (Å²) in [7, 11) is 0. The maximum absolute atomic E-state index is 14.2. The quantitative estimate of drug-likeness (QED) is 0.118. The van der Waals surface area contributed by atoms with Crippen LogP contribution in [0.5, 0.6) is 5.75 Å². The molecule has 14 nitrogen and oxygen atoms in total. The van der Waals surface area contributed by atoms with Gasteiger partial charge in [-0.1, -0.05) is 55.4 Å². The van der Waals surface area contributed by atoms with E-state index in [1.807, 2.05) is 68.7 Å². The maximum Gasteiger partial charge on any atom is 0.243 e. The van der Waals surface area contributed by atoms with Gasteiger partial charge in [0.15, 0.2) is 0 Å². The minimum absolute atomic E-state index is 0.0527. The molecule has 0 saturated carbocycles. The average molecular weight is 856 g/mol. The monoisotopic (exact) mass is 855 g/mol. The van der Waals surface area contributed by atoms with Crippen molar-refractivity contribution in [3.63, 3.8) is 0 Å². The third kappa shape index (κ3) is 8.35. The van der Waals surface area contributed by atoms with Crippen LogP contribution >= 0.6 is 22.7 Å². The van der Waals surface area contributed by atoms with Crippen LogP contribution in [0.4, 0.5) is 5.95 Å². The van der Waals surface area contributed by atoms with E-state index in [1.165, 1.54) is 9.78 Å². The number of hydrogen-bond donors (Lipinski definition) is 3. The Labute approximate surface area is 360 Å². The summed E-state index contributed by atoms with van der Waals surface area (Å²) in [5.41, 5.74) is 8.14. The fourth-order valence-electron chi connectivity index (χ4n) is 8.31. The van der Waals surface area contributed by atoms with Gasteiger partial charge in [-0.05, 0) is 67.0 Å². The number of carbonyl (C=O) groups is 2. The molecule has 0 aliphatic carbocycles. The highest BCUT2D eigenvalue weighted by Crippen LogP contribution is 2.39. The molecule has 3 N–H and O–H groups in total. The molecule has 2 aromatic carbocycles. The number of aryl methyl sites for hydroxylation is 1. The summed E-state index contributed by atoms with van der Waals surface area (Å²) in [5.74, 6) is 0.0543. The van der Waals surface area contributed by atoms with Crippen LogP contribution < -0.4 is 10.2 Å². The standard InChI is InChI=1S/C45H45N9O5S2/c1-25(2)41(44(58)54-23-31(55)16-36(54)43(57)46-20-27-8-10-29(11-9-27)42-26(3)49-24-60-42)38-17-33(52-59-38)30-21-47-45(48-22-30)53-14-12-28(13-15-53)39-19-35-40(61-39)18-34(50-51-35)32-6-4-5-7-37(32)56/h4-11,17-19,21-22,24-25,28,31,36,41,55-56H,12-16,20,23H2,1-3H3,(H,46,57)/t31-,36+,41-/m1/s1. The molecular formula is C45H45N9O5S2.